The highest BCUT2D eigenvalue weighted by atomic mass is 32.1. The first-order valence-electron chi connectivity index (χ1n) is 8.60. The van der Waals surface area contributed by atoms with Gasteiger partial charge in [-0.15, -0.1) is 11.3 Å². The lowest BCUT2D eigenvalue weighted by Crippen LogP contribution is -2.42. The van der Waals surface area contributed by atoms with E-state index >= 15 is 0 Å². The van der Waals surface area contributed by atoms with E-state index in [1.807, 2.05) is 12.3 Å². The zero-order valence-corrected chi connectivity index (χ0v) is 15.4. The number of amides is 2. The SMILES string of the molecule is COCCCN(CC(=O)Nc1nc(C)cs1)C(=O)C1CCCCC1. The summed E-state index contributed by atoms with van der Waals surface area (Å²) in [5, 5.41) is 5.26. The molecule has 1 aromatic rings. The first-order chi connectivity index (χ1) is 11.6. The number of nitrogens with zero attached hydrogens (tertiary/aromatic N) is 2. The van der Waals surface area contributed by atoms with Crippen LogP contribution in [0.3, 0.4) is 0 Å². The van der Waals surface area contributed by atoms with E-state index in [-0.39, 0.29) is 24.3 Å². The Morgan fingerprint density at radius 3 is 2.75 bits per heavy atom. The van der Waals surface area contributed by atoms with Crippen LogP contribution < -0.4 is 5.32 Å². The van der Waals surface area contributed by atoms with Crippen LogP contribution in [0.1, 0.15) is 44.2 Å². The summed E-state index contributed by atoms with van der Waals surface area (Å²) in [4.78, 5) is 31.0. The second kappa shape index (κ2) is 9.74. The van der Waals surface area contributed by atoms with Gasteiger partial charge < -0.3 is 15.0 Å². The third-order valence-corrected chi connectivity index (χ3v) is 5.12. The van der Waals surface area contributed by atoms with Crippen molar-refractivity contribution in [2.24, 2.45) is 5.92 Å². The summed E-state index contributed by atoms with van der Waals surface area (Å²) < 4.78 is 5.07. The number of hydrogen-bond donors (Lipinski definition) is 1. The van der Waals surface area contributed by atoms with E-state index in [2.05, 4.69) is 10.3 Å². The molecule has 0 spiro atoms. The average Bonchev–Trinajstić information content (AvgIpc) is 2.99. The minimum Gasteiger partial charge on any atom is -0.385 e. The highest BCUT2D eigenvalue weighted by Gasteiger charge is 2.27. The van der Waals surface area contributed by atoms with Crippen LogP contribution in [0.15, 0.2) is 5.38 Å². The third-order valence-electron chi connectivity index (χ3n) is 4.24. The Hall–Kier alpha value is -1.47. The summed E-state index contributed by atoms with van der Waals surface area (Å²) >= 11 is 1.40. The second-order valence-corrected chi connectivity index (χ2v) is 7.14. The number of thiazole rings is 1. The first kappa shape index (κ1) is 18.9. The van der Waals surface area contributed by atoms with Crippen molar-refractivity contribution in [3.63, 3.8) is 0 Å². The van der Waals surface area contributed by atoms with Crippen LogP contribution in [-0.2, 0) is 14.3 Å². The third kappa shape index (κ3) is 5.87. The summed E-state index contributed by atoms with van der Waals surface area (Å²) in [6.07, 6.45) is 6.02. The van der Waals surface area contributed by atoms with E-state index in [9.17, 15) is 9.59 Å². The minimum absolute atomic E-state index is 0.0659. The molecular formula is C17H27N3O3S. The van der Waals surface area contributed by atoms with Crippen molar-refractivity contribution in [3.8, 4) is 0 Å². The molecule has 1 aliphatic carbocycles. The second-order valence-electron chi connectivity index (χ2n) is 6.28. The van der Waals surface area contributed by atoms with Gasteiger partial charge in [0.05, 0.1) is 12.2 Å². The van der Waals surface area contributed by atoms with Crippen LogP contribution in [0.5, 0.6) is 0 Å². The number of ether oxygens (including phenoxy) is 1. The molecule has 1 aliphatic rings. The van der Waals surface area contributed by atoms with Crippen molar-refractivity contribution >= 4 is 28.3 Å². The monoisotopic (exact) mass is 353 g/mol. The molecule has 0 aliphatic heterocycles. The molecule has 6 nitrogen and oxygen atoms in total. The lowest BCUT2D eigenvalue weighted by Gasteiger charge is -2.29. The summed E-state index contributed by atoms with van der Waals surface area (Å²) in [5.74, 6) is -0.0154. The Morgan fingerprint density at radius 1 is 1.38 bits per heavy atom. The highest BCUT2D eigenvalue weighted by Crippen LogP contribution is 2.25. The molecule has 7 heteroatoms. The van der Waals surface area contributed by atoms with Gasteiger partial charge in [-0.05, 0) is 26.2 Å². The maximum absolute atomic E-state index is 12.8. The lowest BCUT2D eigenvalue weighted by atomic mass is 9.88. The Bertz CT molecular complexity index is 541. The van der Waals surface area contributed by atoms with Crippen LogP contribution in [0.25, 0.3) is 0 Å². The molecule has 0 saturated heterocycles. The quantitative estimate of drug-likeness (QED) is 0.730. The number of aromatic nitrogens is 1. The van der Waals surface area contributed by atoms with Gasteiger partial charge in [-0.2, -0.15) is 0 Å². The molecule has 1 aromatic heterocycles. The van der Waals surface area contributed by atoms with Crippen LogP contribution in [0, 0.1) is 12.8 Å². The van der Waals surface area contributed by atoms with Gasteiger partial charge in [0.1, 0.15) is 0 Å². The van der Waals surface area contributed by atoms with Crippen LogP contribution in [0.2, 0.25) is 0 Å². The largest absolute Gasteiger partial charge is 0.385 e. The number of anilines is 1. The van der Waals surface area contributed by atoms with Gasteiger partial charge in [0.2, 0.25) is 11.8 Å². The molecule has 1 saturated carbocycles. The molecule has 0 unspecified atom stereocenters. The molecule has 0 radical (unpaired) electrons. The molecule has 134 valence electrons. The molecule has 1 fully saturated rings. The van der Waals surface area contributed by atoms with E-state index in [4.69, 9.17) is 4.74 Å². The molecule has 0 bridgehead atoms. The Labute approximate surface area is 147 Å². The molecule has 2 rings (SSSR count). The van der Waals surface area contributed by atoms with Crippen LogP contribution >= 0.6 is 11.3 Å². The van der Waals surface area contributed by atoms with E-state index in [0.717, 1.165) is 37.8 Å². The van der Waals surface area contributed by atoms with Crippen molar-refractivity contribution in [1.82, 2.24) is 9.88 Å². The zero-order chi connectivity index (χ0) is 17.4. The van der Waals surface area contributed by atoms with E-state index in [1.54, 1.807) is 12.0 Å². The number of methoxy groups -OCH3 is 1. The highest BCUT2D eigenvalue weighted by molar-refractivity contribution is 7.13. The number of carbonyl (C=O) groups excluding carboxylic acids is 2. The average molecular weight is 353 g/mol. The number of hydrogen-bond acceptors (Lipinski definition) is 5. The first-order valence-corrected chi connectivity index (χ1v) is 9.48. The number of aryl methyl sites for hydroxylation is 1. The van der Waals surface area contributed by atoms with Gasteiger partial charge >= 0.3 is 0 Å². The van der Waals surface area contributed by atoms with E-state index in [1.165, 1.54) is 17.8 Å². The van der Waals surface area contributed by atoms with Gasteiger partial charge in [-0.3, -0.25) is 9.59 Å². The lowest BCUT2D eigenvalue weighted by molar-refractivity contribution is -0.139. The summed E-state index contributed by atoms with van der Waals surface area (Å²) in [6.45, 7) is 3.10. The maximum atomic E-state index is 12.8. The summed E-state index contributed by atoms with van der Waals surface area (Å²) in [5.41, 5.74) is 0.880. The Morgan fingerprint density at radius 2 is 2.12 bits per heavy atom. The fraction of sp³-hybridized carbons (Fsp3) is 0.706. The van der Waals surface area contributed by atoms with Crippen molar-refractivity contribution in [3.05, 3.63) is 11.1 Å². The van der Waals surface area contributed by atoms with Gasteiger partial charge in [0.15, 0.2) is 5.13 Å². The summed E-state index contributed by atoms with van der Waals surface area (Å²) in [7, 11) is 1.64. The van der Waals surface area contributed by atoms with Gasteiger partial charge in [-0.25, -0.2) is 4.98 Å². The predicted molar refractivity (Wildman–Crippen MR) is 95.1 cm³/mol. The van der Waals surface area contributed by atoms with E-state index in [0.29, 0.717) is 18.3 Å². The van der Waals surface area contributed by atoms with Crippen LogP contribution in [-0.4, -0.2) is 48.5 Å². The zero-order valence-electron chi connectivity index (χ0n) is 14.5. The Kier molecular flexibility index (Phi) is 7.65. The minimum atomic E-state index is -0.189. The Balaban J connectivity index is 1.93. The standard InChI is InChI=1S/C17H27N3O3S/c1-13-12-24-17(18-13)19-15(21)11-20(9-6-10-23-2)16(22)14-7-4-3-5-8-14/h12,14H,3-11H2,1-2H3,(H,18,19,21). The topological polar surface area (TPSA) is 71.5 Å². The number of carbonyl (C=O) groups is 2. The molecule has 1 heterocycles. The fourth-order valence-electron chi connectivity index (χ4n) is 3.02. The molecule has 24 heavy (non-hydrogen) atoms. The maximum Gasteiger partial charge on any atom is 0.245 e. The van der Waals surface area contributed by atoms with E-state index < -0.39 is 0 Å². The van der Waals surface area contributed by atoms with Gasteiger partial charge in [0, 0.05) is 31.6 Å². The van der Waals surface area contributed by atoms with Crippen molar-refractivity contribution in [1.29, 1.82) is 0 Å². The van der Waals surface area contributed by atoms with Crippen molar-refractivity contribution in [2.45, 2.75) is 45.4 Å². The predicted octanol–water partition coefficient (Wildman–Crippen LogP) is 2.84. The molecular weight excluding hydrogens is 326 g/mol. The smallest absolute Gasteiger partial charge is 0.245 e. The van der Waals surface area contributed by atoms with Gasteiger partial charge in [0.25, 0.3) is 0 Å². The summed E-state index contributed by atoms with van der Waals surface area (Å²) in [6, 6.07) is 0. The van der Waals surface area contributed by atoms with Crippen LogP contribution in [0.4, 0.5) is 5.13 Å². The number of nitrogens with one attached hydrogen (secondary N) is 1. The number of rotatable bonds is 8. The molecule has 0 aromatic carbocycles. The normalized spacial score (nSPS) is 15.2. The molecule has 1 N–H and O–H groups in total. The fourth-order valence-corrected chi connectivity index (χ4v) is 3.72. The molecule has 2 amide bonds. The van der Waals surface area contributed by atoms with Crippen molar-refractivity contribution in [2.75, 3.05) is 32.1 Å². The van der Waals surface area contributed by atoms with Crippen molar-refractivity contribution < 1.29 is 14.3 Å². The van der Waals surface area contributed by atoms with Gasteiger partial charge in [-0.1, -0.05) is 19.3 Å². The molecule has 0 atom stereocenters.